The third-order valence-corrected chi connectivity index (χ3v) is 2.49. The number of ether oxygens (including phenoxy) is 2. The van der Waals surface area contributed by atoms with E-state index in [2.05, 4.69) is 19.6 Å². The minimum Gasteiger partial charge on any atom is -0.569 e. The van der Waals surface area contributed by atoms with Gasteiger partial charge in [0.05, 0.1) is 18.6 Å². The maximum absolute atomic E-state index is 11.7. The first kappa shape index (κ1) is 19.7. The third-order valence-electron chi connectivity index (χ3n) is 2.49. The zero-order valence-corrected chi connectivity index (χ0v) is 13.4. The number of carbonyl (C=O) groups is 2. The molecule has 0 spiro atoms. The van der Waals surface area contributed by atoms with Gasteiger partial charge in [0, 0.05) is 6.92 Å². The lowest BCUT2D eigenvalue weighted by Gasteiger charge is -2.21. The maximum Gasteiger partial charge on any atom is 0.511 e. The van der Waals surface area contributed by atoms with Crippen molar-refractivity contribution < 1.29 is 34.0 Å². The summed E-state index contributed by atoms with van der Waals surface area (Å²) in [5, 5.41) is 24.9. The molecule has 10 heteroatoms. The molecule has 10 nitrogen and oxygen atoms in total. The first-order valence-electron chi connectivity index (χ1n) is 6.82. The average molecular weight is 321 g/mol. The number of rotatable bonds is 9. The van der Waals surface area contributed by atoms with Crippen LogP contribution < -0.4 is 0 Å². The number of hydrazine groups is 1. The molecule has 0 aliphatic rings. The number of nitrogens with zero attached hydrogens (tertiary/aromatic N) is 3. The van der Waals surface area contributed by atoms with Gasteiger partial charge in [-0.15, -0.1) is 5.01 Å². The van der Waals surface area contributed by atoms with Crippen LogP contribution in [0.2, 0.25) is 0 Å². The molecule has 0 amide bonds. The van der Waals surface area contributed by atoms with Crippen molar-refractivity contribution in [2.45, 2.75) is 46.4 Å². The van der Waals surface area contributed by atoms with Crippen molar-refractivity contribution in [1.82, 2.24) is 5.01 Å². The first-order chi connectivity index (χ1) is 10.2. The Hall–Kier alpha value is -2.26. The second kappa shape index (κ2) is 9.64. The maximum atomic E-state index is 11.7. The van der Waals surface area contributed by atoms with Gasteiger partial charge in [0.25, 0.3) is 6.29 Å². The zero-order chi connectivity index (χ0) is 17.3. The van der Waals surface area contributed by atoms with Gasteiger partial charge in [-0.2, -0.15) is 0 Å². The number of carboxylic acid groups (broad SMARTS) is 1. The Morgan fingerprint density at radius 1 is 1.36 bits per heavy atom. The van der Waals surface area contributed by atoms with Crippen LogP contribution >= 0.6 is 0 Å². The van der Waals surface area contributed by atoms with Gasteiger partial charge in [-0.25, -0.2) is 9.59 Å². The molecule has 0 aromatic rings. The summed E-state index contributed by atoms with van der Waals surface area (Å²) in [6, 6.07) is -1.05. The highest BCUT2D eigenvalue weighted by Crippen LogP contribution is 2.11. The molecule has 2 atom stereocenters. The number of carboxylic acids is 1. The van der Waals surface area contributed by atoms with Crippen molar-refractivity contribution in [1.29, 1.82) is 0 Å². The summed E-state index contributed by atoms with van der Waals surface area (Å²) < 4.78 is 9.13. The molecule has 0 bridgehead atoms. The molecule has 1 N–H and O–H groups in total. The summed E-state index contributed by atoms with van der Waals surface area (Å²) in [7, 11) is 1.28. The highest BCUT2D eigenvalue weighted by atomic mass is 16.8. The standard InChI is InChI=1S/C12H23N3O7/c1-6-20-12(18)21-9(4)22-13-15(19)14(5)10(11(16)17)7-8(2)3/h8-10H,6-7H2,1-5H3,(H,16,17)/t9?,10-/m0/s1. The summed E-state index contributed by atoms with van der Waals surface area (Å²) in [4.78, 5) is 26.8. The molecule has 0 radical (unpaired) electrons. The van der Waals surface area contributed by atoms with Crippen LogP contribution in [-0.4, -0.2) is 53.2 Å². The average Bonchev–Trinajstić information content (AvgIpc) is 2.41. The first-order valence-corrected chi connectivity index (χ1v) is 6.82. The molecule has 0 aliphatic carbocycles. The van der Waals surface area contributed by atoms with E-state index in [0.717, 1.165) is 5.01 Å². The normalized spacial score (nSPS) is 14.2. The largest absolute Gasteiger partial charge is 0.569 e. The summed E-state index contributed by atoms with van der Waals surface area (Å²) in [5.41, 5.74) is 0. The van der Waals surface area contributed by atoms with E-state index in [1.807, 2.05) is 13.8 Å². The minimum absolute atomic E-state index is 0.00776. The zero-order valence-electron chi connectivity index (χ0n) is 13.4. The van der Waals surface area contributed by atoms with Gasteiger partial charge >= 0.3 is 12.1 Å². The molecule has 1 unspecified atom stereocenters. The van der Waals surface area contributed by atoms with Crippen LogP contribution in [0, 0.1) is 11.1 Å². The Bertz CT molecular complexity index is 400. The fraction of sp³-hybridized carbons (Fsp3) is 0.833. The van der Waals surface area contributed by atoms with Gasteiger partial charge in [0.2, 0.25) is 5.28 Å². The molecule has 0 fully saturated rings. The lowest BCUT2D eigenvalue weighted by molar-refractivity contribution is -0.712. The van der Waals surface area contributed by atoms with Gasteiger partial charge in [0.1, 0.15) is 0 Å². The third kappa shape index (κ3) is 7.50. The molecule has 0 saturated carbocycles. The molecule has 0 saturated heterocycles. The second-order valence-corrected chi connectivity index (χ2v) is 4.87. The van der Waals surface area contributed by atoms with E-state index in [1.54, 1.807) is 6.92 Å². The van der Waals surface area contributed by atoms with Crippen LogP contribution in [0.5, 0.6) is 0 Å². The van der Waals surface area contributed by atoms with E-state index in [-0.39, 0.29) is 23.9 Å². The van der Waals surface area contributed by atoms with Gasteiger partial charge in [-0.3, -0.25) is 4.84 Å². The molecule has 0 rings (SSSR count). The number of likely N-dealkylation sites (N-methyl/N-ethyl adjacent to an activating group) is 1. The van der Waals surface area contributed by atoms with E-state index in [1.165, 1.54) is 14.0 Å². The van der Waals surface area contributed by atoms with Gasteiger partial charge in [-0.1, -0.05) is 13.8 Å². The predicted molar refractivity (Wildman–Crippen MR) is 73.4 cm³/mol. The Morgan fingerprint density at radius 3 is 2.41 bits per heavy atom. The van der Waals surface area contributed by atoms with Crippen LogP contribution in [0.1, 0.15) is 34.1 Å². The minimum atomic E-state index is -1.16. The van der Waals surface area contributed by atoms with Gasteiger partial charge < -0.3 is 19.8 Å². The molecular formula is C12H23N3O7. The quantitative estimate of drug-likeness (QED) is 0.224. The van der Waals surface area contributed by atoms with Crippen LogP contribution in [0.25, 0.3) is 0 Å². The molecule has 128 valence electrons. The van der Waals surface area contributed by atoms with Crippen molar-refractivity contribution >= 4 is 12.1 Å². The van der Waals surface area contributed by atoms with E-state index >= 15 is 0 Å². The van der Waals surface area contributed by atoms with Crippen molar-refractivity contribution in [3.05, 3.63) is 5.21 Å². The van der Waals surface area contributed by atoms with Crippen molar-refractivity contribution in [3.63, 3.8) is 0 Å². The molecular weight excluding hydrogens is 298 g/mol. The lowest BCUT2D eigenvalue weighted by Crippen LogP contribution is -2.43. The number of carbonyl (C=O) groups excluding carboxylic acids is 1. The molecule has 0 aliphatic heterocycles. The van der Waals surface area contributed by atoms with Crippen molar-refractivity contribution in [3.8, 4) is 0 Å². The molecule has 0 heterocycles. The van der Waals surface area contributed by atoms with Crippen molar-refractivity contribution in [2.75, 3.05) is 13.7 Å². The highest BCUT2D eigenvalue weighted by Gasteiger charge is 2.29. The van der Waals surface area contributed by atoms with Crippen LogP contribution in [0.15, 0.2) is 5.28 Å². The smallest absolute Gasteiger partial charge is 0.511 e. The summed E-state index contributed by atoms with van der Waals surface area (Å²) in [6.45, 7) is 6.74. The van der Waals surface area contributed by atoms with Crippen LogP contribution in [0.3, 0.4) is 0 Å². The van der Waals surface area contributed by atoms with Crippen LogP contribution in [-0.2, 0) is 19.1 Å². The Labute approximate surface area is 128 Å². The summed E-state index contributed by atoms with van der Waals surface area (Å²) in [6.07, 6.45) is -1.86. The van der Waals surface area contributed by atoms with E-state index in [9.17, 15) is 14.8 Å². The summed E-state index contributed by atoms with van der Waals surface area (Å²) in [5.74, 6) is -1.08. The lowest BCUT2D eigenvalue weighted by atomic mass is 10.0. The number of hydrogen-bond acceptors (Lipinski definition) is 7. The second-order valence-electron chi connectivity index (χ2n) is 4.87. The Morgan fingerprint density at radius 2 is 1.95 bits per heavy atom. The number of aliphatic carboxylic acids is 1. The van der Waals surface area contributed by atoms with E-state index in [4.69, 9.17) is 5.11 Å². The predicted octanol–water partition coefficient (Wildman–Crippen LogP) is 1.75. The fourth-order valence-corrected chi connectivity index (χ4v) is 1.45. The van der Waals surface area contributed by atoms with E-state index in [0.29, 0.717) is 0 Å². The van der Waals surface area contributed by atoms with Gasteiger partial charge in [0.15, 0.2) is 6.04 Å². The number of hydrogen-bond donors (Lipinski definition) is 1. The molecule has 0 aromatic heterocycles. The van der Waals surface area contributed by atoms with Crippen molar-refractivity contribution in [2.24, 2.45) is 11.2 Å². The monoisotopic (exact) mass is 321 g/mol. The highest BCUT2D eigenvalue weighted by molar-refractivity contribution is 5.73. The molecule has 22 heavy (non-hydrogen) atoms. The Kier molecular flexibility index (Phi) is 8.65. The van der Waals surface area contributed by atoms with Crippen LogP contribution in [0.4, 0.5) is 4.79 Å². The molecule has 0 aromatic carbocycles. The fourth-order valence-electron chi connectivity index (χ4n) is 1.45. The Balaban J connectivity index is 4.61. The summed E-state index contributed by atoms with van der Waals surface area (Å²) >= 11 is 0. The topological polar surface area (TPSA) is 124 Å². The van der Waals surface area contributed by atoms with E-state index < -0.39 is 24.5 Å². The SMILES string of the molecule is CCOC(=O)OC(C)ON=[N+]([O-])N(C)[C@@H](CC(C)C)C(=O)O. The van der Waals surface area contributed by atoms with Gasteiger partial charge in [-0.05, 0) is 19.3 Å².